The summed E-state index contributed by atoms with van der Waals surface area (Å²) in [6.45, 7) is 4.20. The van der Waals surface area contributed by atoms with Gasteiger partial charge in [-0.3, -0.25) is 14.4 Å². The fourth-order valence-electron chi connectivity index (χ4n) is 3.95. The molecule has 0 spiro atoms. The molecule has 1 heterocycles. The lowest BCUT2D eigenvalue weighted by Crippen LogP contribution is -2.32. The summed E-state index contributed by atoms with van der Waals surface area (Å²) in [6.07, 6.45) is 4.03. The third kappa shape index (κ3) is 5.50. The van der Waals surface area contributed by atoms with E-state index in [1.54, 1.807) is 36.4 Å². The van der Waals surface area contributed by atoms with E-state index in [0.717, 1.165) is 36.1 Å². The van der Waals surface area contributed by atoms with Gasteiger partial charge in [-0.25, -0.2) is 4.90 Å². The lowest BCUT2D eigenvalue weighted by atomic mass is 10.1. The molecule has 3 aromatic rings. The van der Waals surface area contributed by atoms with Crippen molar-refractivity contribution in [2.24, 2.45) is 0 Å². The van der Waals surface area contributed by atoms with Crippen molar-refractivity contribution >= 4 is 46.4 Å². The number of aryl methyl sites for hydroxylation is 2. The molecule has 0 unspecified atom stereocenters. The Kier molecular flexibility index (Phi) is 7.86. The maximum atomic E-state index is 13.1. The van der Waals surface area contributed by atoms with Crippen LogP contribution in [-0.2, 0) is 22.4 Å². The molecule has 0 fully saturated rings. The Morgan fingerprint density at radius 1 is 0.861 bits per heavy atom. The number of benzene rings is 3. The van der Waals surface area contributed by atoms with Crippen molar-refractivity contribution in [2.75, 3.05) is 15.5 Å². The highest BCUT2D eigenvalue weighted by Gasteiger charge is 2.39. The zero-order valence-electron chi connectivity index (χ0n) is 20.3. The van der Waals surface area contributed by atoms with Gasteiger partial charge in [0.25, 0.3) is 17.7 Å². The van der Waals surface area contributed by atoms with Gasteiger partial charge in [-0.05, 0) is 72.9 Å². The number of hydrogen-bond donors (Lipinski definition) is 2. The smallest absolute Gasteiger partial charge is 0.283 e. The van der Waals surface area contributed by atoms with Gasteiger partial charge in [-0.15, -0.1) is 0 Å². The average Bonchev–Trinajstić information content (AvgIpc) is 3.11. The van der Waals surface area contributed by atoms with Crippen LogP contribution in [0, 0.1) is 0 Å². The van der Waals surface area contributed by atoms with E-state index >= 15 is 0 Å². The van der Waals surface area contributed by atoms with E-state index in [0.29, 0.717) is 22.6 Å². The van der Waals surface area contributed by atoms with Crippen LogP contribution in [0.25, 0.3) is 0 Å². The summed E-state index contributed by atoms with van der Waals surface area (Å²) in [7, 11) is 0. The molecule has 7 heteroatoms. The van der Waals surface area contributed by atoms with Gasteiger partial charge >= 0.3 is 0 Å². The molecule has 1 aliphatic heterocycles. The zero-order chi connectivity index (χ0) is 25.7. The molecule has 1 aliphatic rings. The lowest BCUT2D eigenvalue weighted by Gasteiger charge is -2.16. The number of nitrogens with zero attached hydrogens (tertiary/aromatic N) is 1. The van der Waals surface area contributed by atoms with Gasteiger partial charge in [0.05, 0.1) is 5.69 Å². The molecule has 6 nitrogen and oxygen atoms in total. The minimum atomic E-state index is -0.588. The van der Waals surface area contributed by atoms with Crippen LogP contribution in [-0.4, -0.2) is 17.7 Å². The first-order valence-electron chi connectivity index (χ1n) is 12.1. The Morgan fingerprint density at radius 2 is 1.56 bits per heavy atom. The Hall–Kier alpha value is -3.90. The van der Waals surface area contributed by atoms with Crippen LogP contribution in [0.3, 0.4) is 0 Å². The van der Waals surface area contributed by atoms with Gasteiger partial charge in [-0.1, -0.05) is 62.2 Å². The lowest BCUT2D eigenvalue weighted by molar-refractivity contribution is -0.120. The molecule has 0 atom stereocenters. The first-order valence-corrected chi connectivity index (χ1v) is 12.4. The largest absolute Gasteiger partial charge is 0.350 e. The quantitative estimate of drug-likeness (QED) is 0.338. The maximum absolute atomic E-state index is 13.1. The number of hydrogen-bond acceptors (Lipinski definition) is 4. The van der Waals surface area contributed by atoms with Crippen LogP contribution in [0.4, 0.5) is 17.1 Å². The van der Waals surface area contributed by atoms with Crippen molar-refractivity contribution in [3.05, 3.63) is 100 Å². The summed E-state index contributed by atoms with van der Waals surface area (Å²) < 4.78 is 0. The summed E-state index contributed by atoms with van der Waals surface area (Å²) in [5.41, 5.74) is 4.32. The number of anilines is 3. The fourth-order valence-corrected chi connectivity index (χ4v) is 4.16. The molecule has 3 amide bonds. The third-order valence-corrected chi connectivity index (χ3v) is 6.41. The van der Waals surface area contributed by atoms with Crippen molar-refractivity contribution in [3.63, 3.8) is 0 Å². The monoisotopic (exact) mass is 501 g/mol. The van der Waals surface area contributed by atoms with Crippen molar-refractivity contribution in [3.8, 4) is 0 Å². The first kappa shape index (κ1) is 25.2. The van der Waals surface area contributed by atoms with Crippen molar-refractivity contribution in [1.82, 2.24) is 0 Å². The van der Waals surface area contributed by atoms with E-state index in [4.69, 9.17) is 11.6 Å². The second-order valence-electron chi connectivity index (χ2n) is 8.62. The molecule has 0 aliphatic carbocycles. The number of halogens is 1. The fraction of sp³-hybridized carbons (Fsp3) is 0.207. The van der Waals surface area contributed by atoms with E-state index in [2.05, 4.69) is 24.5 Å². The number of carbonyl (C=O) groups excluding carboxylic acids is 3. The molecule has 4 rings (SSSR count). The molecule has 0 bridgehead atoms. The second-order valence-corrected chi connectivity index (χ2v) is 8.99. The summed E-state index contributed by atoms with van der Waals surface area (Å²) in [4.78, 5) is 39.8. The van der Waals surface area contributed by atoms with Crippen LogP contribution >= 0.6 is 11.6 Å². The molecular formula is C29H28ClN3O3. The van der Waals surface area contributed by atoms with Crippen molar-refractivity contribution < 1.29 is 14.4 Å². The van der Waals surface area contributed by atoms with Gasteiger partial charge in [-0.2, -0.15) is 0 Å². The van der Waals surface area contributed by atoms with Crippen LogP contribution in [0.2, 0.25) is 0 Å². The summed E-state index contributed by atoms with van der Waals surface area (Å²) in [5.74, 6) is -1.42. The summed E-state index contributed by atoms with van der Waals surface area (Å²) in [6, 6.07) is 21.7. The normalized spacial score (nSPS) is 13.4. The zero-order valence-corrected chi connectivity index (χ0v) is 21.1. The minimum Gasteiger partial charge on any atom is -0.350 e. The Labute approximate surface area is 216 Å². The predicted octanol–water partition coefficient (Wildman–Crippen LogP) is 6.28. The molecule has 2 N–H and O–H groups in total. The third-order valence-electron chi connectivity index (χ3n) is 6.05. The number of carbonyl (C=O) groups is 3. The van der Waals surface area contributed by atoms with E-state index in [1.165, 1.54) is 5.56 Å². The highest BCUT2D eigenvalue weighted by atomic mass is 35.5. The predicted molar refractivity (Wildman–Crippen MR) is 144 cm³/mol. The summed E-state index contributed by atoms with van der Waals surface area (Å²) >= 11 is 6.28. The standard InChI is InChI=1S/C29H28ClN3O3/c1-3-5-7-20-12-16-24(17-13-20)33-28(35)25(30)26(29(33)36)31-23-9-6-8-21(18-23)27(34)32-22-14-10-19(4-2)11-15-22/h6,8-18,31H,3-5,7H2,1-2H3,(H,32,34). The van der Waals surface area contributed by atoms with Gasteiger partial charge < -0.3 is 10.6 Å². The molecule has 36 heavy (non-hydrogen) atoms. The van der Waals surface area contributed by atoms with E-state index in [-0.39, 0.29) is 16.6 Å². The van der Waals surface area contributed by atoms with E-state index in [9.17, 15) is 14.4 Å². The van der Waals surface area contributed by atoms with Crippen LogP contribution in [0.5, 0.6) is 0 Å². The minimum absolute atomic E-state index is 0.0237. The first-order chi connectivity index (χ1) is 17.4. The second kappa shape index (κ2) is 11.2. The Balaban J connectivity index is 1.47. The van der Waals surface area contributed by atoms with Gasteiger partial charge in [0.2, 0.25) is 0 Å². The molecule has 0 radical (unpaired) electrons. The maximum Gasteiger partial charge on any atom is 0.283 e. The number of unbranched alkanes of at least 4 members (excludes halogenated alkanes) is 1. The highest BCUT2D eigenvalue weighted by molar-refractivity contribution is 6.53. The Bertz CT molecular complexity index is 1310. The summed E-state index contributed by atoms with van der Waals surface area (Å²) in [5, 5.41) is 5.61. The van der Waals surface area contributed by atoms with Crippen molar-refractivity contribution in [2.45, 2.75) is 39.5 Å². The number of nitrogens with one attached hydrogen (secondary N) is 2. The molecule has 0 saturated heterocycles. The number of rotatable bonds is 9. The number of imide groups is 1. The van der Waals surface area contributed by atoms with Gasteiger partial charge in [0.1, 0.15) is 10.7 Å². The van der Waals surface area contributed by atoms with E-state index < -0.39 is 11.8 Å². The van der Waals surface area contributed by atoms with E-state index in [1.807, 2.05) is 36.4 Å². The molecular weight excluding hydrogens is 474 g/mol. The van der Waals surface area contributed by atoms with Gasteiger partial charge in [0, 0.05) is 16.9 Å². The van der Waals surface area contributed by atoms with Gasteiger partial charge in [0.15, 0.2) is 0 Å². The van der Waals surface area contributed by atoms with Crippen LogP contribution < -0.4 is 15.5 Å². The Morgan fingerprint density at radius 3 is 2.22 bits per heavy atom. The number of amides is 3. The molecule has 0 aromatic heterocycles. The highest BCUT2D eigenvalue weighted by Crippen LogP contribution is 2.30. The SMILES string of the molecule is CCCCc1ccc(N2C(=O)C(Cl)=C(Nc3cccc(C(=O)Nc4ccc(CC)cc4)c3)C2=O)cc1. The van der Waals surface area contributed by atoms with Crippen LogP contribution in [0.15, 0.2) is 83.5 Å². The average molecular weight is 502 g/mol. The molecule has 0 saturated carbocycles. The van der Waals surface area contributed by atoms with Crippen LogP contribution in [0.1, 0.15) is 48.2 Å². The molecule has 184 valence electrons. The topological polar surface area (TPSA) is 78.5 Å². The van der Waals surface area contributed by atoms with Crippen molar-refractivity contribution in [1.29, 1.82) is 0 Å². The molecule has 3 aromatic carbocycles.